The van der Waals surface area contributed by atoms with Gasteiger partial charge < -0.3 is 15.4 Å². The van der Waals surface area contributed by atoms with Gasteiger partial charge in [0.15, 0.2) is 11.9 Å². The summed E-state index contributed by atoms with van der Waals surface area (Å²) in [6, 6.07) is 8.98. The summed E-state index contributed by atoms with van der Waals surface area (Å²) in [7, 11) is 0. The molecule has 0 unspecified atom stereocenters. The molecular weight excluding hydrogens is 411 g/mol. The number of pyridine rings is 1. The lowest BCUT2D eigenvalue weighted by Crippen LogP contribution is -2.23. The molecule has 1 aliphatic rings. The molecule has 162 valence electrons. The summed E-state index contributed by atoms with van der Waals surface area (Å²) in [6.07, 6.45) is -2.35. The van der Waals surface area contributed by atoms with Crippen molar-refractivity contribution >= 4 is 22.4 Å². The molecule has 3 aromatic rings. The molecule has 1 aliphatic carbocycles. The second-order valence-corrected chi connectivity index (χ2v) is 7.64. The van der Waals surface area contributed by atoms with Crippen molar-refractivity contribution in [1.29, 1.82) is 5.26 Å². The fourth-order valence-corrected chi connectivity index (χ4v) is 4.07. The van der Waals surface area contributed by atoms with Crippen LogP contribution in [0.4, 0.5) is 24.7 Å². The molecule has 0 bridgehead atoms. The highest BCUT2D eigenvalue weighted by molar-refractivity contribution is 5.91. The molecule has 0 saturated heterocycles. The van der Waals surface area contributed by atoms with Crippen molar-refractivity contribution in [1.82, 2.24) is 14.8 Å². The highest BCUT2D eigenvalue weighted by atomic mass is 19.4. The van der Waals surface area contributed by atoms with Crippen molar-refractivity contribution in [3.8, 4) is 6.07 Å². The third-order valence-electron chi connectivity index (χ3n) is 5.64. The number of hydrogen-bond donors (Lipinski definition) is 3. The topological polar surface area (TPSA) is 107 Å². The number of alkyl halides is 3. The third kappa shape index (κ3) is 4.01. The average molecular weight is 431 g/mol. The molecule has 1 fully saturated rings. The Kier molecular flexibility index (Phi) is 5.45. The van der Waals surface area contributed by atoms with Gasteiger partial charge in [0.2, 0.25) is 0 Å². The van der Waals surface area contributed by atoms with E-state index in [-0.39, 0.29) is 28.9 Å². The number of hydrogen-bond acceptors (Lipinski definition) is 5. The molecule has 7 nitrogen and oxygen atoms in total. The molecule has 1 aromatic carbocycles. The number of aromatic nitrogens is 3. The Bertz CT molecular complexity index is 1180. The van der Waals surface area contributed by atoms with Gasteiger partial charge in [0.05, 0.1) is 23.5 Å². The largest absolute Gasteiger partial charge is 0.418 e. The number of halogens is 3. The number of aromatic amines is 1. The van der Waals surface area contributed by atoms with Crippen molar-refractivity contribution in [3.63, 3.8) is 0 Å². The lowest BCUT2D eigenvalue weighted by Gasteiger charge is -2.27. The van der Waals surface area contributed by atoms with E-state index < -0.39 is 12.3 Å². The van der Waals surface area contributed by atoms with Crippen LogP contribution in [0.3, 0.4) is 0 Å². The zero-order valence-corrected chi connectivity index (χ0v) is 16.4. The van der Waals surface area contributed by atoms with Crippen LogP contribution in [0.25, 0.3) is 10.9 Å². The van der Waals surface area contributed by atoms with Crippen LogP contribution in [-0.4, -0.2) is 26.0 Å². The minimum Gasteiger partial charge on any atom is -0.379 e. The minimum atomic E-state index is -4.76. The first-order valence-electron chi connectivity index (χ1n) is 9.91. The predicted molar refractivity (Wildman–Crippen MR) is 108 cm³/mol. The number of fused-ring (bicyclic) bond motifs is 1. The summed E-state index contributed by atoms with van der Waals surface area (Å²) in [4.78, 5) is 15.1. The van der Waals surface area contributed by atoms with Crippen molar-refractivity contribution in [2.75, 3.05) is 5.32 Å². The van der Waals surface area contributed by atoms with Gasteiger partial charge in [-0.1, -0.05) is 25.0 Å². The molecule has 10 heteroatoms. The zero-order chi connectivity index (χ0) is 22.2. The molecule has 31 heavy (non-hydrogen) atoms. The van der Waals surface area contributed by atoms with Crippen LogP contribution in [0.5, 0.6) is 0 Å². The normalized spacial score (nSPS) is 20.4. The Morgan fingerprint density at radius 2 is 1.94 bits per heavy atom. The number of nitriles is 1. The van der Waals surface area contributed by atoms with E-state index in [0.717, 1.165) is 37.8 Å². The second kappa shape index (κ2) is 8.07. The first kappa shape index (κ1) is 20.9. The molecule has 3 atom stereocenters. The van der Waals surface area contributed by atoms with E-state index in [1.807, 2.05) is 0 Å². The van der Waals surface area contributed by atoms with Crippen LogP contribution in [0.2, 0.25) is 0 Å². The molecule has 0 radical (unpaired) electrons. The Balaban J connectivity index is 1.70. The average Bonchev–Trinajstić information content (AvgIpc) is 3.12. The SMILES string of the molecule is N#C[C@H]1CCCC[C@@H]1n1nc(Nc2ccc([C@@H](O)C(F)(F)F)cc2)c2c(=O)[nH]ccc21. The van der Waals surface area contributed by atoms with E-state index in [1.54, 1.807) is 10.7 Å². The zero-order valence-electron chi connectivity index (χ0n) is 16.4. The molecule has 0 aliphatic heterocycles. The Labute approximate surface area is 175 Å². The Hall–Kier alpha value is -3.32. The molecule has 2 heterocycles. The number of rotatable bonds is 4. The van der Waals surface area contributed by atoms with Crippen molar-refractivity contribution in [2.24, 2.45) is 5.92 Å². The molecular formula is C21H20F3N5O2. The predicted octanol–water partition coefficient (Wildman–Crippen LogP) is 4.32. The number of nitrogens with zero attached hydrogens (tertiary/aromatic N) is 3. The van der Waals surface area contributed by atoms with Crippen LogP contribution < -0.4 is 10.9 Å². The first-order valence-corrected chi connectivity index (χ1v) is 9.91. The third-order valence-corrected chi connectivity index (χ3v) is 5.64. The van der Waals surface area contributed by atoms with Crippen molar-refractivity contribution < 1.29 is 18.3 Å². The number of anilines is 2. The highest BCUT2D eigenvalue weighted by Gasteiger charge is 2.39. The van der Waals surface area contributed by atoms with Crippen LogP contribution in [0.1, 0.15) is 43.4 Å². The number of H-pyrrole nitrogens is 1. The summed E-state index contributed by atoms with van der Waals surface area (Å²) < 4.78 is 39.8. The monoisotopic (exact) mass is 431 g/mol. The first-order chi connectivity index (χ1) is 14.8. The van der Waals surface area contributed by atoms with Gasteiger partial charge in [-0.2, -0.15) is 23.5 Å². The molecule has 1 saturated carbocycles. The minimum absolute atomic E-state index is 0.164. The summed E-state index contributed by atoms with van der Waals surface area (Å²) in [6.45, 7) is 0. The van der Waals surface area contributed by atoms with Crippen LogP contribution in [0, 0.1) is 17.2 Å². The van der Waals surface area contributed by atoms with E-state index >= 15 is 0 Å². The van der Waals surface area contributed by atoms with E-state index in [4.69, 9.17) is 0 Å². The number of nitrogens with one attached hydrogen (secondary N) is 2. The van der Waals surface area contributed by atoms with Gasteiger partial charge in [0.25, 0.3) is 5.56 Å². The molecule has 3 N–H and O–H groups in total. The highest BCUT2D eigenvalue weighted by Crippen LogP contribution is 2.37. The summed E-state index contributed by atoms with van der Waals surface area (Å²) in [5.41, 5.74) is 0.348. The van der Waals surface area contributed by atoms with Gasteiger partial charge in [-0.25, -0.2) is 0 Å². The second-order valence-electron chi connectivity index (χ2n) is 7.64. The maximum atomic E-state index is 12.7. The summed E-state index contributed by atoms with van der Waals surface area (Å²) in [5, 5.41) is 26.8. The van der Waals surface area contributed by atoms with E-state index in [1.165, 1.54) is 18.3 Å². The van der Waals surface area contributed by atoms with Crippen molar-refractivity contribution in [2.45, 2.75) is 44.0 Å². The fourth-order valence-electron chi connectivity index (χ4n) is 4.07. The van der Waals surface area contributed by atoms with Gasteiger partial charge in [-0.3, -0.25) is 9.48 Å². The van der Waals surface area contributed by atoms with E-state index in [0.29, 0.717) is 16.6 Å². The van der Waals surface area contributed by atoms with Crippen LogP contribution in [-0.2, 0) is 0 Å². The maximum absolute atomic E-state index is 12.7. The van der Waals surface area contributed by atoms with E-state index in [9.17, 15) is 28.3 Å². The maximum Gasteiger partial charge on any atom is 0.418 e. The molecule has 0 amide bonds. The van der Waals surface area contributed by atoms with Crippen LogP contribution >= 0.6 is 0 Å². The summed E-state index contributed by atoms with van der Waals surface area (Å²) >= 11 is 0. The summed E-state index contributed by atoms with van der Waals surface area (Å²) in [5.74, 6) is 0.0374. The lowest BCUT2D eigenvalue weighted by atomic mass is 9.85. The van der Waals surface area contributed by atoms with E-state index in [2.05, 4.69) is 21.5 Å². The standard InChI is InChI=1S/C21H20F3N5O2/c22-21(23,24)18(30)12-5-7-14(8-6-12)27-19-17-16(9-10-26-20(17)31)29(28-19)15-4-2-1-3-13(15)11-25/h5-10,13,15,18,30H,1-4H2,(H,26,31)(H,27,28)/t13-,15+,18-/m1/s1. The van der Waals surface area contributed by atoms with Gasteiger partial charge in [-0.15, -0.1) is 0 Å². The quantitative estimate of drug-likeness (QED) is 0.570. The number of benzene rings is 1. The van der Waals surface area contributed by atoms with Gasteiger partial charge in [0, 0.05) is 11.9 Å². The van der Waals surface area contributed by atoms with Gasteiger partial charge >= 0.3 is 6.18 Å². The van der Waals surface area contributed by atoms with Crippen LogP contribution in [0.15, 0.2) is 41.3 Å². The van der Waals surface area contributed by atoms with Gasteiger partial charge in [-0.05, 0) is 36.6 Å². The van der Waals surface area contributed by atoms with Gasteiger partial charge in [0.1, 0.15) is 5.39 Å². The Morgan fingerprint density at radius 3 is 2.61 bits per heavy atom. The molecule has 4 rings (SSSR count). The number of aliphatic hydroxyl groups excluding tert-OH is 1. The molecule has 0 spiro atoms. The van der Waals surface area contributed by atoms with Crippen molar-refractivity contribution in [3.05, 3.63) is 52.4 Å². The lowest BCUT2D eigenvalue weighted by molar-refractivity contribution is -0.206. The smallest absolute Gasteiger partial charge is 0.379 e. The molecule has 2 aromatic heterocycles. The number of aliphatic hydroxyl groups is 1. The Morgan fingerprint density at radius 1 is 1.23 bits per heavy atom. The fraction of sp³-hybridized carbons (Fsp3) is 0.381.